The number of nitrogens with zero attached hydrogens (tertiary/aromatic N) is 4. The Morgan fingerprint density at radius 1 is 1.04 bits per heavy atom. The van der Waals surface area contributed by atoms with Crippen molar-refractivity contribution in [3.8, 4) is 11.3 Å². The van der Waals surface area contributed by atoms with Gasteiger partial charge in [-0.1, -0.05) is 42.5 Å². The number of hydrazone groups is 1. The molecule has 0 bridgehead atoms. The van der Waals surface area contributed by atoms with Crippen molar-refractivity contribution in [3.63, 3.8) is 0 Å². The molecule has 0 radical (unpaired) electrons. The number of rotatable bonds is 4. The molecule has 5 rings (SSSR count). The lowest BCUT2D eigenvalue weighted by Gasteiger charge is -1.99. The molecule has 0 aliphatic heterocycles. The molecule has 126 valence electrons. The van der Waals surface area contributed by atoms with Gasteiger partial charge in [0.05, 0.1) is 17.6 Å². The van der Waals surface area contributed by atoms with Crippen molar-refractivity contribution >= 4 is 39.6 Å². The highest BCUT2D eigenvalue weighted by atomic mass is 32.1. The maximum absolute atomic E-state index is 5.62. The molecule has 7 heteroatoms. The molecule has 1 N–H and O–H groups in total. The van der Waals surface area contributed by atoms with E-state index in [0.717, 1.165) is 33.0 Å². The summed E-state index contributed by atoms with van der Waals surface area (Å²) in [5, 5.41) is 6.31. The Kier molecular flexibility index (Phi) is 3.50. The fraction of sp³-hybridized carbons (Fsp3) is 0. The van der Waals surface area contributed by atoms with Crippen LogP contribution in [0.25, 0.3) is 27.3 Å². The number of nitrogens with one attached hydrogen (secondary N) is 1. The SMILES string of the molecule is C(=N\Nc1nc2ccccc2o1)/c1c(-c2ccccc2)nc2sccn12. The van der Waals surface area contributed by atoms with Gasteiger partial charge in [-0.3, -0.25) is 4.40 Å². The van der Waals surface area contributed by atoms with Crippen LogP contribution in [0.3, 0.4) is 0 Å². The van der Waals surface area contributed by atoms with E-state index in [1.165, 1.54) is 0 Å². The Morgan fingerprint density at radius 2 is 1.88 bits per heavy atom. The summed E-state index contributed by atoms with van der Waals surface area (Å²) in [5.41, 5.74) is 7.21. The lowest BCUT2D eigenvalue weighted by molar-refractivity contribution is 0.617. The summed E-state index contributed by atoms with van der Waals surface area (Å²) in [6, 6.07) is 18.0. The van der Waals surface area contributed by atoms with E-state index in [2.05, 4.69) is 15.5 Å². The normalized spacial score (nSPS) is 11.7. The highest BCUT2D eigenvalue weighted by molar-refractivity contribution is 7.15. The summed E-state index contributed by atoms with van der Waals surface area (Å²) in [5.74, 6) is 0. The number of oxazole rings is 1. The highest BCUT2D eigenvalue weighted by Crippen LogP contribution is 2.25. The first-order valence-electron chi connectivity index (χ1n) is 8.04. The van der Waals surface area contributed by atoms with Gasteiger partial charge >= 0.3 is 6.01 Å². The smallest absolute Gasteiger partial charge is 0.316 e. The molecule has 0 spiro atoms. The van der Waals surface area contributed by atoms with Crippen LogP contribution in [0.2, 0.25) is 0 Å². The van der Waals surface area contributed by atoms with Crippen molar-refractivity contribution in [1.29, 1.82) is 0 Å². The first-order chi connectivity index (χ1) is 12.9. The fourth-order valence-electron chi connectivity index (χ4n) is 2.80. The third-order valence-electron chi connectivity index (χ3n) is 3.99. The number of fused-ring (bicyclic) bond motifs is 2. The Labute approximate surface area is 152 Å². The Balaban J connectivity index is 1.50. The van der Waals surface area contributed by atoms with E-state index in [0.29, 0.717) is 6.01 Å². The van der Waals surface area contributed by atoms with Gasteiger partial charge < -0.3 is 4.42 Å². The predicted octanol–water partition coefficient (Wildman–Crippen LogP) is 4.65. The molecule has 2 aromatic carbocycles. The van der Waals surface area contributed by atoms with Crippen LogP contribution in [0, 0.1) is 0 Å². The second kappa shape index (κ2) is 6.12. The molecule has 0 aliphatic rings. The molecule has 0 aliphatic carbocycles. The summed E-state index contributed by atoms with van der Waals surface area (Å²) in [7, 11) is 0. The van der Waals surface area contributed by atoms with E-state index in [4.69, 9.17) is 9.40 Å². The maximum Gasteiger partial charge on any atom is 0.316 e. The summed E-state index contributed by atoms with van der Waals surface area (Å²) >= 11 is 1.59. The zero-order valence-corrected chi connectivity index (χ0v) is 14.4. The molecule has 3 heterocycles. The molecular weight excluding hydrogens is 346 g/mol. The van der Waals surface area contributed by atoms with Gasteiger partial charge in [0.1, 0.15) is 5.52 Å². The highest BCUT2D eigenvalue weighted by Gasteiger charge is 2.13. The monoisotopic (exact) mass is 359 g/mol. The van der Waals surface area contributed by atoms with Crippen LogP contribution in [0.1, 0.15) is 5.69 Å². The zero-order chi connectivity index (χ0) is 17.3. The Hall–Kier alpha value is -3.45. The average Bonchev–Trinajstić information content (AvgIpc) is 3.37. The van der Waals surface area contributed by atoms with E-state index >= 15 is 0 Å². The van der Waals surface area contributed by atoms with Crippen LogP contribution in [-0.4, -0.2) is 20.6 Å². The van der Waals surface area contributed by atoms with Crippen molar-refractivity contribution in [3.05, 3.63) is 71.9 Å². The topological polar surface area (TPSA) is 67.7 Å². The van der Waals surface area contributed by atoms with Gasteiger partial charge in [-0.05, 0) is 12.1 Å². The number of thiazole rings is 1. The third kappa shape index (κ3) is 2.55. The molecule has 0 unspecified atom stereocenters. The molecule has 0 saturated carbocycles. The van der Waals surface area contributed by atoms with E-state index in [1.807, 2.05) is 70.6 Å². The van der Waals surface area contributed by atoms with Crippen LogP contribution < -0.4 is 5.43 Å². The number of aromatic nitrogens is 3. The Bertz CT molecular complexity index is 1190. The molecule has 26 heavy (non-hydrogen) atoms. The number of hydrogen-bond donors (Lipinski definition) is 1. The van der Waals surface area contributed by atoms with Crippen LogP contribution in [-0.2, 0) is 0 Å². The summed E-state index contributed by atoms with van der Waals surface area (Å²) in [6.07, 6.45) is 3.73. The average molecular weight is 359 g/mol. The maximum atomic E-state index is 5.62. The molecular formula is C19H13N5OS. The zero-order valence-electron chi connectivity index (χ0n) is 13.5. The van der Waals surface area contributed by atoms with Crippen molar-refractivity contribution in [1.82, 2.24) is 14.4 Å². The summed E-state index contributed by atoms with van der Waals surface area (Å²) in [4.78, 5) is 10.0. The van der Waals surface area contributed by atoms with E-state index in [9.17, 15) is 0 Å². The van der Waals surface area contributed by atoms with Crippen molar-refractivity contribution in [2.75, 3.05) is 5.43 Å². The standard InChI is InChI=1S/C19H13N5OS/c1-2-6-13(7-3-1)17-15(24-10-11-26-19(24)22-17)12-20-23-18-21-14-8-4-5-9-16(14)25-18/h1-12H,(H,21,23)/b20-12+. The van der Waals surface area contributed by atoms with Gasteiger partial charge in [-0.25, -0.2) is 10.4 Å². The number of imidazole rings is 1. The van der Waals surface area contributed by atoms with Crippen molar-refractivity contribution in [2.24, 2.45) is 5.10 Å². The first-order valence-corrected chi connectivity index (χ1v) is 8.92. The van der Waals surface area contributed by atoms with Gasteiger partial charge in [-0.2, -0.15) is 10.1 Å². The Morgan fingerprint density at radius 3 is 2.77 bits per heavy atom. The van der Waals surface area contributed by atoms with Crippen LogP contribution in [0.4, 0.5) is 6.01 Å². The minimum absolute atomic E-state index is 0.356. The van der Waals surface area contributed by atoms with E-state index in [-0.39, 0.29) is 0 Å². The predicted molar refractivity (Wildman–Crippen MR) is 104 cm³/mol. The number of para-hydroxylation sites is 2. The minimum Gasteiger partial charge on any atom is -0.422 e. The lowest BCUT2D eigenvalue weighted by atomic mass is 10.1. The van der Waals surface area contributed by atoms with Gasteiger partial charge in [0.25, 0.3) is 0 Å². The molecule has 0 fully saturated rings. The van der Waals surface area contributed by atoms with Gasteiger partial charge in [0.15, 0.2) is 10.5 Å². The van der Waals surface area contributed by atoms with Crippen LogP contribution in [0.5, 0.6) is 0 Å². The quantitative estimate of drug-likeness (QED) is 0.375. The summed E-state index contributed by atoms with van der Waals surface area (Å²) in [6.45, 7) is 0. The second-order valence-corrected chi connectivity index (χ2v) is 6.50. The first kappa shape index (κ1) is 14.9. The second-order valence-electron chi connectivity index (χ2n) is 5.62. The van der Waals surface area contributed by atoms with Crippen LogP contribution in [0.15, 0.2) is 75.7 Å². The van der Waals surface area contributed by atoms with Crippen molar-refractivity contribution < 1.29 is 4.42 Å². The lowest BCUT2D eigenvalue weighted by Crippen LogP contribution is -1.95. The van der Waals surface area contributed by atoms with Gasteiger partial charge in [-0.15, -0.1) is 11.3 Å². The summed E-state index contributed by atoms with van der Waals surface area (Å²) < 4.78 is 7.64. The molecule has 5 aromatic rings. The molecule has 6 nitrogen and oxygen atoms in total. The third-order valence-corrected chi connectivity index (χ3v) is 4.74. The van der Waals surface area contributed by atoms with Crippen LogP contribution >= 0.6 is 11.3 Å². The van der Waals surface area contributed by atoms with Gasteiger partial charge in [0, 0.05) is 17.1 Å². The van der Waals surface area contributed by atoms with E-state index in [1.54, 1.807) is 17.6 Å². The van der Waals surface area contributed by atoms with Crippen molar-refractivity contribution in [2.45, 2.75) is 0 Å². The molecule has 0 amide bonds. The van der Waals surface area contributed by atoms with E-state index < -0.39 is 0 Å². The largest absolute Gasteiger partial charge is 0.422 e. The molecule has 0 atom stereocenters. The fourth-order valence-corrected chi connectivity index (χ4v) is 3.52. The number of benzene rings is 2. The molecule has 3 aromatic heterocycles. The minimum atomic E-state index is 0.356. The van der Waals surface area contributed by atoms with Gasteiger partial charge in [0.2, 0.25) is 0 Å². The number of anilines is 1. The molecule has 0 saturated heterocycles. The number of hydrogen-bond acceptors (Lipinski definition) is 6.